The van der Waals surface area contributed by atoms with Crippen LogP contribution in [0, 0.1) is 0 Å². The van der Waals surface area contributed by atoms with Gasteiger partial charge in [-0.25, -0.2) is 0 Å². The molecular formula is C21H38O3Si. The Balaban J connectivity index is 2.55. The predicted octanol–water partition coefficient (Wildman–Crippen LogP) is 4.92. The zero-order valence-electron chi connectivity index (χ0n) is 16.8. The van der Waals surface area contributed by atoms with Gasteiger partial charge in [0.1, 0.15) is 0 Å². The van der Waals surface area contributed by atoms with E-state index in [1.807, 2.05) is 0 Å². The van der Waals surface area contributed by atoms with Gasteiger partial charge in [0, 0.05) is 12.7 Å². The minimum atomic E-state index is -1.86. The lowest BCUT2D eigenvalue weighted by molar-refractivity contribution is 0.0642. The average Bonchev–Trinajstić information content (AvgIpc) is 2.51. The molecule has 0 saturated heterocycles. The van der Waals surface area contributed by atoms with E-state index in [0.717, 1.165) is 25.7 Å². The molecule has 0 radical (unpaired) electrons. The average molecular weight is 367 g/mol. The summed E-state index contributed by atoms with van der Waals surface area (Å²) in [6.45, 7) is 11.3. The van der Waals surface area contributed by atoms with Crippen molar-refractivity contribution in [3.05, 3.63) is 35.9 Å². The van der Waals surface area contributed by atoms with Gasteiger partial charge in [0.25, 0.3) is 0 Å². The molecule has 0 aliphatic heterocycles. The molecule has 1 rings (SSSR count). The fourth-order valence-electron chi connectivity index (χ4n) is 2.73. The van der Waals surface area contributed by atoms with Gasteiger partial charge in [0.2, 0.25) is 0 Å². The van der Waals surface area contributed by atoms with Crippen LogP contribution >= 0.6 is 0 Å². The summed E-state index contributed by atoms with van der Waals surface area (Å²) in [6, 6.07) is 10.6. The first kappa shape index (κ1) is 22.4. The molecule has 0 heterocycles. The molecule has 2 atom stereocenters. The molecule has 3 nitrogen and oxygen atoms in total. The van der Waals surface area contributed by atoms with Crippen LogP contribution in [0.3, 0.4) is 0 Å². The number of hydrogen-bond donors (Lipinski definition) is 2. The van der Waals surface area contributed by atoms with Crippen LogP contribution in [0.25, 0.3) is 0 Å². The molecule has 0 aromatic heterocycles. The molecule has 0 amide bonds. The summed E-state index contributed by atoms with van der Waals surface area (Å²) < 4.78 is 6.57. The Morgan fingerprint density at radius 3 is 2.24 bits per heavy atom. The minimum absolute atomic E-state index is 0.0297. The van der Waals surface area contributed by atoms with Gasteiger partial charge in [-0.3, -0.25) is 0 Å². The molecule has 0 unspecified atom stereocenters. The third-order valence-electron chi connectivity index (χ3n) is 5.35. The number of aryl methyl sites for hydroxylation is 1. The highest BCUT2D eigenvalue weighted by Gasteiger charge is 2.39. The van der Waals surface area contributed by atoms with Gasteiger partial charge in [-0.2, -0.15) is 0 Å². The lowest BCUT2D eigenvalue weighted by Gasteiger charge is -2.40. The van der Waals surface area contributed by atoms with E-state index in [1.54, 1.807) is 0 Å². The van der Waals surface area contributed by atoms with Crippen LogP contribution in [0.15, 0.2) is 30.3 Å². The molecule has 0 aliphatic carbocycles. The second-order valence-electron chi connectivity index (χ2n) is 8.63. The van der Waals surface area contributed by atoms with E-state index < -0.39 is 14.4 Å². The number of hydrogen-bond acceptors (Lipinski definition) is 3. The Bertz CT molecular complexity index is 468. The first-order chi connectivity index (χ1) is 11.7. The maximum absolute atomic E-state index is 10.1. The lowest BCUT2D eigenvalue weighted by Crippen LogP contribution is -2.44. The van der Waals surface area contributed by atoms with E-state index in [9.17, 15) is 5.11 Å². The maximum atomic E-state index is 10.1. The van der Waals surface area contributed by atoms with Gasteiger partial charge < -0.3 is 14.6 Å². The number of unbranched alkanes of at least 4 members (excludes halogenated alkanes) is 1. The topological polar surface area (TPSA) is 49.7 Å². The molecule has 0 aliphatic rings. The second-order valence-corrected chi connectivity index (χ2v) is 13.4. The minimum Gasteiger partial charge on any atom is -0.414 e. The summed E-state index contributed by atoms with van der Waals surface area (Å²) in [6.07, 6.45) is 4.96. The van der Waals surface area contributed by atoms with Crippen LogP contribution in [0.2, 0.25) is 18.1 Å². The molecule has 2 N–H and O–H groups in total. The number of benzene rings is 1. The molecule has 144 valence electrons. The molecule has 1 aromatic rings. The third-order valence-corrected chi connectivity index (χ3v) is 9.88. The number of rotatable bonds is 11. The second kappa shape index (κ2) is 10.5. The van der Waals surface area contributed by atoms with Gasteiger partial charge in [-0.05, 0) is 55.8 Å². The van der Waals surface area contributed by atoms with Crippen molar-refractivity contribution in [1.82, 2.24) is 0 Å². The fraction of sp³-hybridized carbons (Fsp3) is 0.714. The number of aliphatic hydroxyl groups excluding tert-OH is 2. The Morgan fingerprint density at radius 1 is 1.04 bits per heavy atom. The highest BCUT2D eigenvalue weighted by atomic mass is 28.4. The fourth-order valence-corrected chi connectivity index (χ4v) is 4.14. The van der Waals surface area contributed by atoms with Crippen LogP contribution in [0.1, 0.15) is 58.4 Å². The molecule has 1 aromatic carbocycles. The molecule has 25 heavy (non-hydrogen) atoms. The molecule has 0 bridgehead atoms. The quantitative estimate of drug-likeness (QED) is 0.431. The van der Waals surface area contributed by atoms with Gasteiger partial charge in [0.15, 0.2) is 8.32 Å². The standard InChI is InChI=1S/C21H38O3Si/c1-21(2,3)25(4,5)24-20(17-19(23)15-16-22)14-10-9-13-18-11-7-6-8-12-18/h6-8,11-12,19-20,22-23H,9-10,13-17H2,1-5H3/t19-,20+/m0/s1. The largest absolute Gasteiger partial charge is 0.414 e. The maximum Gasteiger partial charge on any atom is 0.192 e. The third kappa shape index (κ3) is 8.49. The first-order valence-electron chi connectivity index (χ1n) is 9.66. The summed E-state index contributed by atoms with van der Waals surface area (Å²) in [4.78, 5) is 0. The highest BCUT2D eigenvalue weighted by molar-refractivity contribution is 6.74. The lowest BCUT2D eigenvalue weighted by atomic mass is 10.0. The van der Waals surface area contributed by atoms with Crippen molar-refractivity contribution in [2.75, 3.05) is 6.61 Å². The van der Waals surface area contributed by atoms with Crippen molar-refractivity contribution in [3.63, 3.8) is 0 Å². The first-order valence-corrected chi connectivity index (χ1v) is 12.6. The van der Waals surface area contributed by atoms with Crippen LogP contribution in [-0.4, -0.2) is 37.3 Å². The van der Waals surface area contributed by atoms with E-state index in [2.05, 4.69) is 64.2 Å². The molecule has 0 saturated carbocycles. The molecule has 4 heteroatoms. The zero-order chi connectivity index (χ0) is 18.9. The van der Waals surface area contributed by atoms with E-state index in [1.165, 1.54) is 5.56 Å². The van der Waals surface area contributed by atoms with Gasteiger partial charge in [0.05, 0.1) is 6.10 Å². The van der Waals surface area contributed by atoms with Crippen LogP contribution in [0.5, 0.6) is 0 Å². The van der Waals surface area contributed by atoms with E-state index in [0.29, 0.717) is 12.8 Å². The monoisotopic (exact) mass is 366 g/mol. The summed E-state index contributed by atoms with van der Waals surface area (Å²) in [5.74, 6) is 0. The SMILES string of the molecule is CC(C)(C)[Si](C)(C)O[C@H](CCCCc1ccccc1)C[C@@H](O)CCO. The van der Waals surface area contributed by atoms with E-state index in [-0.39, 0.29) is 17.7 Å². The summed E-state index contributed by atoms with van der Waals surface area (Å²) in [5.41, 5.74) is 1.38. The number of aliphatic hydroxyl groups is 2. The summed E-state index contributed by atoms with van der Waals surface area (Å²) in [7, 11) is -1.86. The van der Waals surface area contributed by atoms with Crippen molar-refractivity contribution in [3.8, 4) is 0 Å². The molecule has 0 spiro atoms. The van der Waals surface area contributed by atoms with Gasteiger partial charge in [-0.1, -0.05) is 57.5 Å². The summed E-state index contributed by atoms with van der Waals surface area (Å²) in [5, 5.41) is 19.4. The van der Waals surface area contributed by atoms with Crippen molar-refractivity contribution >= 4 is 8.32 Å². The van der Waals surface area contributed by atoms with Gasteiger partial charge in [-0.15, -0.1) is 0 Å². The predicted molar refractivity (Wildman–Crippen MR) is 108 cm³/mol. The van der Waals surface area contributed by atoms with Gasteiger partial charge >= 0.3 is 0 Å². The van der Waals surface area contributed by atoms with Crippen LogP contribution in [-0.2, 0) is 10.8 Å². The smallest absolute Gasteiger partial charge is 0.192 e. The molecule has 0 fully saturated rings. The van der Waals surface area contributed by atoms with Crippen molar-refractivity contribution in [1.29, 1.82) is 0 Å². The van der Waals surface area contributed by atoms with Crippen LogP contribution < -0.4 is 0 Å². The Morgan fingerprint density at radius 2 is 1.68 bits per heavy atom. The van der Waals surface area contributed by atoms with Crippen molar-refractivity contribution in [2.45, 2.75) is 89.6 Å². The zero-order valence-corrected chi connectivity index (χ0v) is 17.8. The summed E-state index contributed by atoms with van der Waals surface area (Å²) >= 11 is 0. The van der Waals surface area contributed by atoms with Crippen molar-refractivity contribution < 1.29 is 14.6 Å². The van der Waals surface area contributed by atoms with Crippen LogP contribution in [0.4, 0.5) is 0 Å². The Kier molecular flexibility index (Phi) is 9.36. The normalized spacial score (nSPS) is 15.2. The Hall–Kier alpha value is -0.683. The molecular weight excluding hydrogens is 328 g/mol. The van der Waals surface area contributed by atoms with E-state index in [4.69, 9.17) is 9.53 Å². The van der Waals surface area contributed by atoms with Crippen molar-refractivity contribution in [2.24, 2.45) is 0 Å². The van der Waals surface area contributed by atoms with E-state index >= 15 is 0 Å². The Labute approximate surface area is 155 Å². The highest BCUT2D eigenvalue weighted by Crippen LogP contribution is 2.38.